The fourth-order valence-corrected chi connectivity index (χ4v) is 3.79. The summed E-state index contributed by atoms with van der Waals surface area (Å²) in [7, 11) is 1.87. The number of nitrogens with zero attached hydrogens (tertiary/aromatic N) is 4. The number of benzene rings is 1. The van der Waals surface area contributed by atoms with Gasteiger partial charge >= 0.3 is 0 Å². The molecule has 0 aliphatic heterocycles. The van der Waals surface area contributed by atoms with Gasteiger partial charge in [-0.2, -0.15) is 9.61 Å². The number of halogens is 1. The van der Waals surface area contributed by atoms with E-state index in [1.165, 1.54) is 22.2 Å². The number of hydrogen-bond acceptors (Lipinski definition) is 6. The summed E-state index contributed by atoms with van der Waals surface area (Å²) in [4.78, 5) is 7.36. The van der Waals surface area contributed by atoms with E-state index in [-0.39, 0.29) is 18.5 Å². The molecule has 0 fully saturated rings. The van der Waals surface area contributed by atoms with E-state index in [0.29, 0.717) is 21.4 Å². The van der Waals surface area contributed by atoms with Crippen LogP contribution in [0.1, 0.15) is 16.5 Å². The highest BCUT2D eigenvalue weighted by Crippen LogP contribution is 2.40. The Balaban J connectivity index is 2.14. The first kappa shape index (κ1) is 15.2. The van der Waals surface area contributed by atoms with Crippen LogP contribution in [0.15, 0.2) is 30.6 Å². The first-order valence-corrected chi connectivity index (χ1v) is 7.90. The standard InChI is InChI=1S/C14H15ClN4O2S/c1-18(6-7-20)11(9-4-2-3-5-10(9)15)12-13(21)19-14(22-12)16-8-17-19/h2-5,8,11,20-21H,6-7H2,1H3. The number of fused-ring (bicyclic) bond motifs is 1. The number of aliphatic hydroxyl groups excluding tert-OH is 1. The van der Waals surface area contributed by atoms with Gasteiger partial charge in [-0.3, -0.25) is 4.90 Å². The lowest BCUT2D eigenvalue weighted by Gasteiger charge is -2.27. The van der Waals surface area contributed by atoms with Crippen LogP contribution in [0.5, 0.6) is 5.88 Å². The van der Waals surface area contributed by atoms with Crippen molar-refractivity contribution in [3.05, 3.63) is 46.1 Å². The van der Waals surface area contributed by atoms with Crippen LogP contribution in [-0.4, -0.2) is 49.9 Å². The minimum absolute atomic E-state index is 0.0129. The van der Waals surface area contributed by atoms with Crippen molar-refractivity contribution in [1.82, 2.24) is 19.5 Å². The zero-order chi connectivity index (χ0) is 15.7. The summed E-state index contributed by atoms with van der Waals surface area (Å²) in [5, 5.41) is 24.3. The molecule has 0 saturated carbocycles. The van der Waals surface area contributed by atoms with E-state index in [0.717, 1.165) is 5.56 Å². The summed E-state index contributed by atoms with van der Waals surface area (Å²) < 4.78 is 1.40. The Bertz CT molecular complexity index is 788. The number of aromatic nitrogens is 3. The van der Waals surface area contributed by atoms with Gasteiger partial charge in [0.15, 0.2) is 0 Å². The Hall–Kier alpha value is -1.67. The van der Waals surface area contributed by atoms with Crippen LogP contribution in [0.2, 0.25) is 5.02 Å². The van der Waals surface area contributed by atoms with Crippen LogP contribution < -0.4 is 0 Å². The van der Waals surface area contributed by atoms with Gasteiger partial charge in [0.05, 0.1) is 17.5 Å². The van der Waals surface area contributed by atoms with Crippen molar-refractivity contribution < 1.29 is 10.2 Å². The van der Waals surface area contributed by atoms with Gasteiger partial charge in [-0.25, -0.2) is 4.98 Å². The van der Waals surface area contributed by atoms with Crippen molar-refractivity contribution in [2.24, 2.45) is 0 Å². The Morgan fingerprint density at radius 1 is 1.41 bits per heavy atom. The summed E-state index contributed by atoms with van der Waals surface area (Å²) in [6.07, 6.45) is 1.40. The van der Waals surface area contributed by atoms with Crippen molar-refractivity contribution in [2.45, 2.75) is 6.04 Å². The van der Waals surface area contributed by atoms with E-state index in [2.05, 4.69) is 10.1 Å². The maximum atomic E-state index is 10.5. The molecule has 1 atom stereocenters. The molecule has 3 aromatic rings. The van der Waals surface area contributed by atoms with Gasteiger partial charge in [-0.05, 0) is 18.7 Å². The lowest BCUT2D eigenvalue weighted by atomic mass is 10.0. The number of likely N-dealkylation sites (N-methyl/N-ethyl adjacent to an activating group) is 1. The van der Waals surface area contributed by atoms with E-state index < -0.39 is 0 Å². The predicted octanol–water partition coefficient (Wildman–Crippen LogP) is 2.16. The molecule has 116 valence electrons. The van der Waals surface area contributed by atoms with Crippen molar-refractivity contribution in [2.75, 3.05) is 20.2 Å². The summed E-state index contributed by atoms with van der Waals surface area (Å²) in [6, 6.07) is 7.20. The summed E-state index contributed by atoms with van der Waals surface area (Å²) in [6.45, 7) is 0.460. The minimum Gasteiger partial charge on any atom is -0.492 e. The van der Waals surface area contributed by atoms with Crippen LogP contribution in [-0.2, 0) is 0 Å². The maximum Gasteiger partial charge on any atom is 0.230 e. The fraction of sp³-hybridized carbons (Fsp3) is 0.286. The lowest BCUT2D eigenvalue weighted by molar-refractivity contribution is 0.196. The molecule has 22 heavy (non-hydrogen) atoms. The van der Waals surface area contributed by atoms with E-state index in [1.807, 2.05) is 36.2 Å². The normalized spacial score (nSPS) is 13.1. The molecule has 3 rings (SSSR count). The third-order valence-electron chi connectivity index (χ3n) is 3.48. The molecule has 2 heterocycles. The molecular weight excluding hydrogens is 324 g/mol. The van der Waals surface area contributed by atoms with Crippen LogP contribution >= 0.6 is 22.9 Å². The van der Waals surface area contributed by atoms with Gasteiger partial charge in [0.1, 0.15) is 6.33 Å². The summed E-state index contributed by atoms with van der Waals surface area (Å²) >= 11 is 7.69. The second kappa shape index (κ2) is 6.21. The smallest absolute Gasteiger partial charge is 0.230 e. The summed E-state index contributed by atoms with van der Waals surface area (Å²) in [5.74, 6) is 0.0483. The molecule has 1 unspecified atom stereocenters. The second-order valence-electron chi connectivity index (χ2n) is 4.87. The third-order valence-corrected chi connectivity index (χ3v) is 4.91. The molecule has 1 aromatic carbocycles. The number of aromatic hydroxyl groups is 1. The highest BCUT2D eigenvalue weighted by atomic mass is 35.5. The molecular formula is C14H15ClN4O2S. The molecule has 0 saturated heterocycles. The predicted molar refractivity (Wildman–Crippen MR) is 85.5 cm³/mol. The first-order chi connectivity index (χ1) is 10.6. The topological polar surface area (TPSA) is 73.9 Å². The molecule has 0 amide bonds. The number of rotatable bonds is 5. The Kier molecular flexibility index (Phi) is 4.30. The van der Waals surface area contributed by atoms with Gasteiger partial charge < -0.3 is 10.2 Å². The highest BCUT2D eigenvalue weighted by Gasteiger charge is 2.28. The van der Waals surface area contributed by atoms with Crippen molar-refractivity contribution >= 4 is 27.9 Å². The number of hydrogen-bond donors (Lipinski definition) is 2. The minimum atomic E-state index is -0.283. The third kappa shape index (κ3) is 2.56. The van der Waals surface area contributed by atoms with Gasteiger partial charge in [0.25, 0.3) is 0 Å². The second-order valence-corrected chi connectivity index (χ2v) is 6.29. The largest absolute Gasteiger partial charge is 0.492 e. The van der Waals surface area contributed by atoms with Crippen LogP contribution in [0.4, 0.5) is 0 Å². The quantitative estimate of drug-likeness (QED) is 0.745. The average molecular weight is 339 g/mol. The van der Waals surface area contributed by atoms with Crippen LogP contribution in [0.3, 0.4) is 0 Å². The van der Waals surface area contributed by atoms with E-state index in [4.69, 9.17) is 11.6 Å². The molecule has 6 nitrogen and oxygen atoms in total. The molecule has 0 aliphatic carbocycles. The summed E-state index contributed by atoms with van der Waals surface area (Å²) in [5.41, 5.74) is 0.861. The Labute approximate surface area is 136 Å². The molecule has 0 radical (unpaired) electrons. The zero-order valence-corrected chi connectivity index (χ0v) is 13.4. The Morgan fingerprint density at radius 3 is 2.86 bits per heavy atom. The van der Waals surface area contributed by atoms with Crippen LogP contribution in [0, 0.1) is 0 Å². The van der Waals surface area contributed by atoms with E-state index in [1.54, 1.807) is 0 Å². The first-order valence-electron chi connectivity index (χ1n) is 6.70. The number of thiazole rings is 1. The molecule has 2 N–H and O–H groups in total. The fourth-order valence-electron chi connectivity index (χ4n) is 2.43. The molecule has 2 aromatic heterocycles. The average Bonchev–Trinajstić information content (AvgIpc) is 3.06. The van der Waals surface area contributed by atoms with Gasteiger partial charge in [-0.15, -0.1) is 0 Å². The van der Waals surface area contributed by atoms with Crippen molar-refractivity contribution in [3.63, 3.8) is 0 Å². The van der Waals surface area contributed by atoms with E-state index in [9.17, 15) is 10.2 Å². The molecule has 0 bridgehead atoms. The lowest BCUT2D eigenvalue weighted by Crippen LogP contribution is -2.28. The Morgan fingerprint density at radius 2 is 2.18 bits per heavy atom. The van der Waals surface area contributed by atoms with Gasteiger partial charge in [0, 0.05) is 11.6 Å². The van der Waals surface area contributed by atoms with E-state index >= 15 is 0 Å². The molecule has 0 spiro atoms. The molecule has 0 aliphatic rings. The number of aliphatic hydroxyl groups is 1. The van der Waals surface area contributed by atoms with Crippen LogP contribution in [0.25, 0.3) is 4.96 Å². The van der Waals surface area contributed by atoms with Crippen molar-refractivity contribution in [3.8, 4) is 5.88 Å². The van der Waals surface area contributed by atoms with Gasteiger partial charge in [-0.1, -0.05) is 41.1 Å². The van der Waals surface area contributed by atoms with Crippen molar-refractivity contribution in [1.29, 1.82) is 0 Å². The SMILES string of the molecule is CN(CCO)C(c1ccccc1Cl)c1sc2ncnn2c1O. The molecule has 8 heteroatoms. The van der Waals surface area contributed by atoms with Gasteiger partial charge in [0.2, 0.25) is 10.8 Å². The highest BCUT2D eigenvalue weighted by molar-refractivity contribution is 7.17. The zero-order valence-electron chi connectivity index (χ0n) is 11.8. The maximum absolute atomic E-state index is 10.5. The monoisotopic (exact) mass is 338 g/mol.